The van der Waals surface area contributed by atoms with Crippen LogP contribution in [0, 0.1) is 10.1 Å². The molecule has 1 atom stereocenters. The normalized spacial score (nSPS) is 12.6. The topological polar surface area (TPSA) is 58.4 Å². The monoisotopic (exact) mass is 265 g/mol. The number of hydrogen-bond donors (Lipinski definition) is 1. The highest BCUT2D eigenvalue weighted by Crippen LogP contribution is 2.16. The van der Waals surface area contributed by atoms with Crippen LogP contribution in [0.25, 0.3) is 0 Å². The number of benzene rings is 1. The summed E-state index contributed by atoms with van der Waals surface area (Å²) in [6.07, 6.45) is 1.13. The third-order valence-corrected chi connectivity index (χ3v) is 3.49. The molecule has 0 aliphatic carbocycles. The third-order valence-electron chi connectivity index (χ3n) is 3.49. The SMILES string of the molecule is CCC(C)N(C)CCNCc1ccccc1[N+](=O)[O-]. The summed E-state index contributed by atoms with van der Waals surface area (Å²) in [5.41, 5.74) is 0.920. The number of nitrogens with zero attached hydrogens (tertiary/aromatic N) is 2. The Morgan fingerprint density at radius 2 is 2.11 bits per heavy atom. The molecule has 0 radical (unpaired) electrons. The van der Waals surface area contributed by atoms with E-state index in [4.69, 9.17) is 0 Å². The van der Waals surface area contributed by atoms with Crippen molar-refractivity contribution in [1.82, 2.24) is 10.2 Å². The van der Waals surface area contributed by atoms with Crippen molar-refractivity contribution in [3.05, 3.63) is 39.9 Å². The van der Waals surface area contributed by atoms with Gasteiger partial charge in [-0.1, -0.05) is 25.1 Å². The van der Waals surface area contributed by atoms with Crippen LogP contribution in [0.3, 0.4) is 0 Å². The average molecular weight is 265 g/mol. The van der Waals surface area contributed by atoms with Gasteiger partial charge in [0.25, 0.3) is 5.69 Å². The summed E-state index contributed by atoms with van der Waals surface area (Å²) >= 11 is 0. The fourth-order valence-corrected chi connectivity index (χ4v) is 1.85. The lowest BCUT2D eigenvalue weighted by atomic mass is 10.2. The number of nitro benzene ring substituents is 1. The van der Waals surface area contributed by atoms with E-state index in [9.17, 15) is 10.1 Å². The van der Waals surface area contributed by atoms with Crippen molar-refractivity contribution in [2.75, 3.05) is 20.1 Å². The lowest BCUT2D eigenvalue weighted by molar-refractivity contribution is -0.385. The van der Waals surface area contributed by atoms with Crippen LogP contribution < -0.4 is 5.32 Å². The summed E-state index contributed by atoms with van der Waals surface area (Å²) in [6, 6.07) is 7.42. The molecule has 1 N–H and O–H groups in total. The summed E-state index contributed by atoms with van der Waals surface area (Å²) in [7, 11) is 2.10. The highest BCUT2D eigenvalue weighted by molar-refractivity contribution is 5.39. The standard InChI is InChI=1S/C14H23N3O2/c1-4-12(2)16(3)10-9-15-11-13-7-5-6-8-14(13)17(18)19/h5-8,12,15H,4,9-11H2,1-3H3. The smallest absolute Gasteiger partial charge is 0.273 e. The minimum absolute atomic E-state index is 0.185. The molecule has 0 heterocycles. The van der Waals surface area contributed by atoms with Gasteiger partial charge in [-0.15, -0.1) is 0 Å². The van der Waals surface area contributed by atoms with Gasteiger partial charge in [0.05, 0.1) is 4.92 Å². The number of likely N-dealkylation sites (N-methyl/N-ethyl adjacent to an activating group) is 1. The minimum atomic E-state index is -0.331. The maximum atomic E-state index is 10.9. The highest BCUT2D eigenvalue weighted by Gasteiger charge is 2.11. The fourth-order valence-electron chi connectivity index (χ4n) is 1.85. The first-order valence-electron chi connectivity index (χ1n) is 6.69. The number of hydrogen-bond acceptors (Lipinski definition) is 4. The zero-order valence-electron chi connectivity index (χ0n) is 11.9. The van der Waals surface area contributed by atoms with Crippen LogP contribution in [0.5, 0.6) is 0 Å². The molecule has 19 heavy (non-hydrogen) atoms. The largest absolute Gasteiger partial charge is 0.311 e. The van der Waals surface area contributed by atoms with Crippen molar-refractivity contribution < 1.29 is 4.92 Å². The zero-order chi connectivity index (χ0) is 14.3. The molecule has 5 heteroatoms. The van der Waals surface area contributed by atoms with Gasteiger partial charge < -0.3 is 10.2 Å². The lowest BCUT2D eigenvalue weighted by Crippen LogP contribution is -2.34. The van der Waals surface area contributed by atoms with Crippen molar-refractivity contribution in [3.63, 3.8) is 0 Å². The van der Waals surface area contributed by atoms with Gasteiger partial charge in [-0.3, -0.25) is 10.1 Å². The molecular formula is C14H23N3O2. The molecule has 0 aliphatic rings. The Morgan fingerprint density at radius 3 is 2.74 bits per heavy atom. The second-order valence-electron chi connectivity index (χ2n) is 4.80. The van der Waals surface area contributed by atoms with Crippen molar-refractivity contribution in [3.8, 4) is 0 Å². The summed E-state index contributed by atoms with van der Waals surface area (Å²) < 4.78 is 0. The van der Waals surface area contributed by atoms with Crippen molar-refractivity contribution in [2.24, 2.45) is 0 Å². The van der Waals surface area contributed by atoms with Crippen LogP contribution in [0.2, 0.25) is 0 Å². The Labute approximate surface area is 114 Å². The molecular weight excluding hydrogens is 242 g/mol. The molecule has 1 aromatic rings. The molecule has 1 aromatic carbocycles. The molecule has 0 saturated heterocycles. The quantitative estimate of drug-likeness (QED) is 0.445. The van der Waals surface area contributed by atoms with Crippen LogP contribution in [0.1, 0.15) is 25.8 Å². The maximum absolute atomic E-state index is 10.9. The van der Waals surface area contributed by atoms with E-state index >= 15 is 0 Å². The van der Waals surface area contributed by atoms with E-state index in [1.54, 1.807) is 18.2 Å². The van der Waals surface area contributed by atoms with Crippen molar-refractivity contribution in [2.45, 2.75) is 32.9 Å². The van der Waals surface area contributed by atoms with E-state index < -0.39 is 0 Å². The minimum Gasteiger partial charge on any atom is -0.311 e. The van der Waals surface area contributed by atoms with Crippen LogP contribution in [0.15, 0.2) is 24.3 Å². The van der Waals surface area contributed by atoms with Gasteiger partial charge in [-0.25, -0.2) is 0 Å². The molecule has 0 fully saturated rings. The predicted octanol–water partition coefficient (Wildman–Crippen LogP) is 2.41. The Kier molecular flexibility index (Phi) is 6.45. The zero-order valence-corrected chi connectivity index (χ0v) is 11.9. The molecule has 0 saturated carbocycles. The summed E-state index contributed by atoms with van der Waals surface area (Å²) in [5.74, 6) is 0. The van der Waals surface area contributed by atoms with Gasteiger partial charge in [0.2, 0.25) is 0 Å². The Bertz CT molecular complexity index is 409. The van der Waals surface area contributed by atoms with E-state index in [0.29, 0.717) is 12.6 Å². The third kappa shape index (κ3) is 4.96. The maximum Gasteiger partial charge on any atom is 0.273 e. The van der Waals surface area contributed by atoms with Gasteiger partial charge in [-0.05, 0) is 20.4 Å². The fraction of sp³-hybridized carbons (Fsp3) is 0.571. The second-order valence-corrected chi connectivity index (χ2v) is 4.80. The first-order valence-corrected chi connectivity index (χ1v) is 6.69. The van der Waals surface area contributed by atoms with Crippen molar-refractivity contribution >= 4 is 5.69 Å². The van der Waals surface area contributed by atoms with Gasteiger partial charge in [-0.2, -0.15) is 0 Å². The molecule has 0 spiro atoms. The van der Waals surface area contributed by atoms with Crippen LogP contribution in [0.4, 0.5) is 5.69 Å². The number of rotatable bonds is 8. The Hall–Kier alpha value is -1.46. The van der Waals surface area contributed by atoms with E-state index in [1.165, 1.54) is 0 Å². The molecule has 0 aromatic heterocycles. The molecule has 0 bridgehead atoms. The molecule has 5 nitrogen and oxygen atoms in total. The van der Waals surface area contributed by atoms with Gasteiger partial charge in [0.1, 0.15) is 0 Å². The van der Waals surface area contributed by atoms with E-state index in [-0.39, 0.29) is 10.6 Å². The molecule has 0 amide bonds. The number of para-hydroxylation sites is 1. The van der Waals surface area contributed by atoms with E-state index in [1.807, 2.05) is 6.07 Å². The predicted molar refractivity (Wildman–Crippen MR) is 77.2 cm³/mol. The Morgan fingerprint density at radius 1 is 1.42 bits per heavy atom. The molecule has 0 aliphatic heterocycles. The highest BCUT2D eigenvalue weighted by atomic mass is 16.6. The van der Waals surface area contributed by atoms with Gasteiger partial charge in [0, 0.05) is 37.3 Å². The number of nitrogens with one attached hydrogen (secondary N) is 1. The number of nitro groups is 1. The molecule has 1 unspecified atom stereocenters. The summed E-state index contributed by atoms with van der Waals surface area (Å²) in [6.45, 7) is 6.66. The van der Waals surface area contributed by atoms with Gasteiger partial charge in [0.15, 0.2) is 0 Å². The summed E-state index contributed by atoms with van der Waals surface area (Å²) in [5, 5.41) is 14.1. The average Bonchev–Trinajstić information content (AvgIpc) is 2.42. The first-order chi connectivity index (χ1) is 9.06. The Balaban J connectivity index is 2.40. The van der Waals surface area contributed by atoms with Crippen LogP contribution in [-0.2, 0) is 6.54 Å². The van der Waals surface area contributed by atoms with Crippen molar-refractivity contribution in [1.29, 1.82) is 0 Å². The van der Waals surface area contributed by atoms with E-state index in [2.05, 4.69) is 31.1 Å². The first kappa shape index (κ1) is 15.6. The molecule has 1 rings (SSSR count). The van der Waals surface area contributed by atoms with Gasteiger partial charge >= 0.3 is 0 Å². The lowest BCUT2D eigenvalue weighted by Gasteiger charge is -2.23. The molecule has 106 valence electrons. The van der Waals surface area contributed by atoms with E-state index in [0.717, 1.165) is 25.1 Å². The summed E-state index contributed by atoms with van der Waals surface area (Å²) in [4.78, 5) is 12.8. The van der Waals surface area contributed by atoms with Crippen LogP contribution >= 0.6 is 0 Å². The second kappa shape index (κ2) is 7.86. The van der Waals surface area contributed by atoms with Crippen LogP contribution in [-0.4, -0.2) is 36.0 Å².